The number of carbonyl (C=O) groups excluding carboxylic acids is 2. The standard InChI is InChI=1S/C23H23ClFN3O3/c24-18-13-16(7-10-19(18)25)26-20(30)14-28-22(31)21(15-5-8-17(29)9-6-15)27-23(28)11-3-1-2-4-12-23/h5-10,13,29H,1-4,11-12,14H2,(H,26,30). The first-order valence-electron chi connectivity index (χ1n) is 10.3. The van der Waals surface area contributed by atoms with Crippen molar-refractivity contribution in [1.82, 2.24) is 4.90 Å². The molecule has 1 saturated carbocycles. The normalized spacial score (nSPS) is 18.1. The Balaban J connectivity index is 1.60. The maximum atomic E-state index is 13.4. The molecule has 0 aromatic heterocycles. The highest BCUT2D eigenvalue weighted by atomic mass is 35.5. The molecule has 1 spiro atoms. The SMILES string of the molecule is O=C(CN1C(=O)C(c2ccc(O)cc2)=NC12CCCCCC2)Nc1ccc(F)c(Cl)c1. The highest BCUT2D eigenvalue weighted by Gasteiger charge is 2.47. The molecule has 1 aliphatic carbocycles. The van der Waals surface area contributed by atoms with E-state index in [2.05, 4.69) is 5.32 Å². The van der Waals surface area contributed by atoms with Crippen molar-refractivity contribution in [2.75, 3.05) is 11.9 Å². The van der Waals surface area contributed by atoms with Crippen LogP contribution in [0.4, 0.5) is 10.1 Å². The van der Waals surface area contributed by atoms with E-state index in [-0.39, 0.29) is 23.2 Å². The van der Waals surface area contributed by atoms with Gasteiger partial charge in [0.1, 0.15) is 29.5 Å². The van der Waals surface area contributed by atoms with Crippen molar-refractivity contribution in [1.29, 1.82) is 0 Å². The Morgan fingerprint density at radius 2 is 1.81 bits per heavy atom. The minimum absolute atomic E-state index is 0.0896. The lowest BCUT2D eigenvalue weighted by Crippen LogP contribution is -2.50. The Bertz CT molecular complexity index is 1030. The van der Waals surface area contributed by atoms with Crippen molar-refractivity contribution in [3.8, 4) is 5.75 Å². The molecule has 2 aliphatic rings. The molecule has 8 heteroatoms. The van der Waals surface area contributed by atoms with Gasteiger partial charge in [-0.1, -0.05) is 24.4 Å². The highest BCUT2D eigenvalue weighted by Crippen LogP contribution is 2.38. The van der Waals surface area contributed by atoms with Gasteiger partial charge in [0, 0.05) is 11.3 Å². The van der Waals surface area contributed by atoms with E-state index < -0.39 is 17.4 Å². The Labute approximate surface area is 184 Å². The summed E-state index contributed by atoms with van der Waals surface area (Å²) in [6, 6.07) is 10.3. The third-order valence-corrected chi connectivity index (χ3v) is 6.11. The molecule has 0 bridgehead atoms. The van der Waals surface area contributed by atoms with Gasteiger partial charge in [-0.2, -0.15) is 0 Å². The smallest absolute Gasteiger partial charge is 0.275 e. The van der Waals surface area contributed by atoms with Crippen LogP contribution in [0.1, 0.15) is 44.1 Å². The van der Waals surface area contributed by atoms with Crippen molar-refractivity contribution in [3.63, 3.8) is 0 Å². The lowest BCUT2D eigenvalue weighted by molar-refractivity contribution is -0.133. The summed E-state index contributed by atoms with van der Waals surface area (Å²) in [7, 11) is 0. The zero-order valence-electron chi connectivity index (χ0n) is 16.9. The number of nitrogens with one attached hydrogen (secondary N) is 1. The lowest BCUT2D eigenvalue weighted by Gasteiger charge is -2.35. The summed E-state index contributed by atoms with van der Waals surface area (Å²) in [5.74, 6) is -1.17. The number of hydrogen-bond acceptors (Lipinski definition) is 4. The quantitative estimate of drug-likeness (QED) is 0.729. The Kier molecular flexibility index (Phi) is 5.96. The van der Waals surface area contributed by atoms with Gasteiger partial charge in [-0.3, -0.25) is 14.6 Å². The van der Waals surface area contributed by atoms with Gasteiger partial charge in [-0.15, -0.1) is 0 Å². The molecule has 0 atom stereocenters. The predicted molar refractivity (Wildman–Crippen MR) is 117 cm³/mol. The van der Waals surface area contributed by atoms with Gasteiger partial charge in [-0.25, -0.2) is 4.39 Å². The van der Waals surface area contributed by atoms with Crippen LogP contribution in [-0.2, 0) is 9.59 Å². The third kappa shape index (κ3) is 4.42. The molecule has 0 saturated heterocycles. The number of nitrogens with zero attached hydrogens (tertiary/aromatic N) is 2. The van der Waals surface area contributed by atoms with Crippen LogP contribution in [-0.4, -0.2) is 39.7 Å². The lowest BCUT2D eigenvalue weighted by atomic mass is 10.00. The number of phenols is 1. The number of halogens is 2. The molecular weight excluding hydrogens is 421 g/mol. The van der Waals surface area contributed by atoms with Crippen LogP contribution in [0.5, 0.6) is 5.75 Å². The van der Waals surface area contributed by atoms with Crippen LogP contribution in [0.2, 0.25) is 5.02 Å². The number of aliphatic imine (C=N–C) groups is 1. The summed E-state index contributed by atoms with van der Waals surface area (Å²) in [5.41, 5.74) is 0.523. The van der Waals surface area contributed by atoms with Crippen molar-refractivity contribution in [2.24, 2.45) is 4.99 Å². The molecule has 1 aliphatic heterocycles. The first-order chi connectivity index (χ1) is 14.9. The summed E-state index contributed by atoms with van der Waals surface area (Å²) in [6.45, 7) is -0.168. The van der Waals surface area contributed by atoms with Crippen molar-refractivity contribution in [2.45, 2.75) is 44.2 Å². The molecule has 0 unspecified atom stereocenters. The fourth-order valence-corrected chi connectivity index (χ4v) is 4.43. The van der Waals surface area contributed by atoms with Gasteiger partial charge in [-0.05, 0) is 68.1 Å². The zero-order valence-corrected chi connectivity index (χ0v) is 17.7. The molecule has 2 N–H and O–H groups in total. The van der Waals surface area contributed by atoms with Crippen LogP contribution in [0.25, 0.3) is 0 Å². The maximum Gasteiger partial charge on any atom is 0.275 e. The second-order valence-corrected chi connectivity index (χ2v) is 8.38. The summed E-state index contributed by atoms with van der Waals surface area (Å²) in [4.78, 5) is 32.5. The van der Waals surface area contributed by atoms with E-state index in [9.17, 15) is 19.1 Å². The second kappa shape index (κ2) is 8.67. The molecule has 6 nitrogen and oxygen atoms in total. The first kappa shape index (κ1) is 21.3. The number of anilines is 1. The fourth-order valence-electron chi connectivity index (χ4n) is 4.25. The molecule has 4 rings (SSSR count). The van der Waals surface area contributed by atoms with Crippen molar-refractivity contribution in [3.05, 3.63) is 58.9 Å². The van der Waals surface area contributed by atoms with Gasteiger partial charge in [0.25, 0.3) is 5.91 Å². The first-order valence-corrected chi connectivity index (χ1v) is 10.7. The van der Waals surface area contributed by atoms with Crippen LogP contribution in [0.15, 0.2) is 47.5 Å². The maximum absolute atomic E-state index is 13.4. The molecule has 1 heterocycles. The van der Waals surface area contributed by atoms with E-state index in [0.717, 1.165) is 25.7 Å². The number of aromatic hydroxyl groups is 1. The van der Waals surface area contributed by atoms with E-state index in [4.69, 9.17) is 16.6 Å². The van der Waals surface area contributed by atoms with Crippen molar-refractivity contribution < 1.29 is 19.1 Å². The summed E-state index contributed by atoms with van der Waals surface area (Å²) in [5, 5.41) is 12.2. The molecule has 2 aromatic rings. The van der Waals surface area contributed by atoms with Crippen LogP contribution >= 0.6 is 11.6 Å². The van der Waals surface area contributed by atoms with Gasteiger partial charge in [0.2, 0.25) is 5.91 Å². The largest absolute Gasteiger partial charge is 0.508 e. The predicted octanol–water partition coefficient (Wildman–Crippen LogP) is 4.51. The Hall–Kier alpha value is -2.93. The van der Waals surface area contributed by atoms with E-state index in [1.165, 1.54) is 30.3 Å². The summed E-state index contributed by atoms with van der Waals surface area (Å²) < 4.78 is 13.4. The van der Waals surface area contributed by atoms with Crippen LogP contribution < -0.4 is 5.32 Å². The Morgan fingerprint density at radius 3 is 2.45 bits per heavy atom. The number of benzene rings is 2. The van der Waals surface area contributed by atoms with Crippen molar-refractivity contribution >= 4 is 34.8 Å². The molecule has 162 valence electrons. The number of hydrogen-bond donors (Lipinski definition) is 2. The molecule has 31 heavy (non-hydrogen) atoms. The van der Waals surface area contributed by atoms with Gasteiger partial charge in [0.15, 0.2) is 0 Å². The minimum Gasteiger partial charge on any atom is -0.508 e. The van der Waals surface area contributed by atoms with E-state index in [1.54, 1.807) is 17.0 Å². The van der Waals surface area contributed by atoms with E-state index in [1.807, 2.05) is 0 Å². The van der Waals surface area contributed by atoms with Gasteiger partial charge >= 0.3 is 0 Å². The average Bonchev–Trinajstić information content (AvgIpc) is 2.88. The average molecular weight is 444 g/mol. The second-order valence-electron chi connectivity index (χ2n) is 7.97. The highest BCUT2D eigenvalue weighted by molar-refractivity contribution is 6.47. The zero-order chi connectivity index (χ0) is 22.0. The number of rotatable bonds is 4. The minimum atomic E-state index is -0.751. The van der Waals surface area contributed by atoms with Crippen LogP contribution in [0.3, 0.4) is 0 Å². The molecule has 0 radical (unpaired) electrons. The molecule has 2 aromatic carbocycles. The fraction of sp³-hybridized carbons (Fsp3) is 0.348. The van der Waals surface area contributed by atoms with Gasteiger partial charge < -0.3 is 15.3 Å². The molecule has 1 fully saturated rings. The monoisotopic (exact) mass is 443 g/mol. The third-order valence-electron chi connectivity index (χ3n) is 5.82. The molecule has 2 amide bonds. The Morgan fingerprint density at radius 1 is 1.13 bits per heavy atom. The van der Waals surface area contributed by atoms with Gasteiger partial charge in [0.05, 0.1) is 5.02 Å². The molecular formula is C23H23ClFN3O3. The number of amides is 2. The summed E-state index contributed by atoms with van der Waals surface area (Å²) >= 11 is 5.80. The number of phenolic OH excluding ortho intramolecular Hbond substituents is 1. The van der Waals surface area contributed by atoms with E-state index >= 15 is 0 Å². The number of carbonyl (C=O) groups is 2. The van der Waals surface area contributed by atoms with E-state index in [0.29, 0.717) is 29.8 Å². The topological polar surface area (TPSA) is 82.0 Å². The van der Waals surface area contributed by atoms with Crippen LogP contribution in [0, 0.1) is 5.82 Å². The summed E-state index contributed by atoms with van der Waals surface area (Å²) in [6.07, 6.45) is 5.35.